The summed E-state index contributed by atoms with van der Waals surface area (Å²) < 4.78 is 13.3. The predicted molar refractivity (Wildman–Crippen MR) is 112 cm³/mol. The van der Waals surface area contributed by atoms with E-state index >= 15 is 0 Å². The van der Waals surface area contributed by atoms with E-state index in [0.29, 0.717) is 32.4 Å². The van der Waals surface area contributed by atoms with Crippen LogP contribution >= 0.6 is 0 Å². The zero-order valence-corrected chi connectivity index (χ0v) is 16.7. The molecule has 1 unspecified atom stereocenters. The standard InChI is InChI=1S/C23H25FN4O2/c24-19-8-6-16(7-9-19)20-14-21(17-4-2-1-3-5-17)28(26-20)22(29)15-27-12-10-18(11-13-27)23(25)30/h1-9,18,21H,10-15H2,(H2,25,30). The van der Waals surface area contributed by atoms with Crippen LogP contribution < -0.4 is 5.73 Å². The zero-order chi connectivity index (χ0) is 21.1. The second-order valence-corrected chi connectivity index (χ2v) is 7.88. The highest BCUT2D eigenvalue weighted by molar-refractivity contribution is 6.03. The fraction of sp³-hybridized carbons (Fsp3) is 0.348. The van der Waals surface area contributed by atoms with Crippen molar-refractivity contribution in [2.45, 2.75) is 25.3 Å². The van der Waals surface area contributed by atoms with Crippen LogP contribution in [0.15, 0.2) is 59.7 Å². The Morgan fingerprint density at radius 1 is 1.03 bits per heavy atom. The number of hydrogen-bond acceptors (Lipinski definition) is 4. The molecule has 2 heterocycles. The van der Waals surface area contributed by atoms with Crippen molar-refractivity contribution in [3.8, 4) is 0 Å². The van der Waals surface area contributed by atoms with Crippen LogP contribution in [0.4, 0.5) is 4.39 Å². The lowest BCUT2D eigenvalue weighted by atomic mass is 9.96. The van der Waals surface area contributed by atoms with Gasteiger partial charge in [-0.05, 0) is 49.2 Å². The number of piperidine rings is 1. The number of likely N-dealkylation sites (tertiary alicyclic amines) is 1. The van der Waals surface area contributed by atoms with Crippen LogP contribution in [0.2, 0.25) is 0 Å². The lowest BCUT2D eigenvalue weighted by Gasteiger charge is -2.31. The van der Waals surface area contributed by atoms with Gasteiger partial charge in [0.25, 0.3) is 5.91 Å². The van der Waals surface area contributed by atoms with Crippen LogP contribution in [0.3, 0.4) is 0 Å². The summed E-state index contributed by atoms with van der Waals surface area (Å²) in [6.45, 7) is 1.57. The normalized spacial score (nSPS) is 20.2. The highest BCUT2D eigenvalue weighted by Gasteiger charge is 2.34. The van der Waals surface area contributed by atoms with Gasteiger partial charge in [0.1, 0.15) is 5.82 Å². The summed E-state index contributed by atoms with van der Waals surface area (Å²) in [4.78, 5) is 26.6. The Morgan fingerprint density at radius 3 is 2.33 bits per heavy atom. The van der Waals surface area contributed by atoms with E-state index in [1.54, 1.807) is 17.1 Å². The first-order valence-corrected chi connectivity index (χ1v) is 10.2. The molecule has 2 N–H and O–H groups in total. The van der Waals surface area contributed by atoms with Gasteiger partial charge in [-0.15, -0.1) is 0 Å². The molecule has 1 fully saturated rings. The van der Waals surface area contributed by atoms with Crippen LogP contribution in [0.25, 0.3) is 0 Å². The minimum Gasteiger partial charge on any atom is -0.369 e. The first-order chi connectivity index (χ1) is 14.5. The Bertz CT molecular complexity index is 937. The van der Waals surface area contributed by atoms with Crippen molar-refractivity contribution in [2.24, 2.45) is 16.8 Å². The highest BCUT2D eigenvalue weighted by Crippen LogP contribution is 2.33. The van der Waals surface area contributed by atoms with Crippen molar-refractivity contribution < 1.29 is 14.0 Å². The molecule has 0 saturated carbocycles. The van der Waals surface area contributed by atoms with Gasteiger partial charge in [0, 0.05) is 12.3 Å². The minimum absolute atomic E-state index is 0.0847. The van der Waals surface area contributed by atoms with Gasteiger partial charge < -0.3 is 5.73 Å². The van der Waals surface area contributed by atoms with Gasteiger partial charge in [-0.1, -0.05) is 42.5 Å². The molecule has 2 aromatic rings. The number of halogens is 1. The maximum atomic E-state index is 13.3. The molecule has 0 bridgehead atoms. The fourth-order valence-electron chi connectivity index (χ4n) is 4.13. The van der Waals surface area contributed by atoms with Gasteiger partial charge in [-0.2, -0.15) is 5.10 Å². The summed E-state index contributed by atoms with van der Waals surface area (Å²) in [5, 5.41) is 6.20. The number of rotatable bonds is 5. The number of nitrogens with two attached hydrogens (primary N) is 1. The maximum Gasteiger partial charge on any atom is 0.257 e. The average Bonchev–Trinajstić information content (AvgIpc) is 3.21. The number of carbonyl (C=O) groups excluding carboxylic acids is 2. The number of hydrazone groups is 1. The van der Waals surface area contributed by atoms with Gasteiger partial charge in [-0.25, -0.2) is 9.40 Å². The van der Waals surface area contributed by atoms with Crippen molar-refractivity contribution in [1.29, 1.82) is 0 Å². The molecule has 4 rings (SSSR count). The number of hydrogen-bond donors (Lipinski definition) is 1. The molecule has 2 amide bonds. The molecule has 0 radical (unpaired) electrons. The summed E-state index contributed by atoms with van der Waals surface area (Å²) >= 11 is 0. The second kappa shape index (κ2) is 8.75. The van der Waals surface area contributed by atoms with E-state index in [1.807, 2.05) is 30.3 Å². The summed E-state index contributed by atoms with van der Waals surface area (Å²) in [5.74, 6) is -0.760. The largest absolute Gasteiger partial charge is 0.369 e. The van der Waals surface area contributed by atoms with E-state index in [2.05, 4.69) is 10.0 Å². The number of benzene rings is 2. The van der Waals surface area contributed by atoms with Gasteiger partial charge >= 0.3 is 0 Å². The quantitative estimate of drug-likeness (QED) is 0.826. The molecule has 1 atom stereocenters. The molecule has 7 heteroatoms. The number of nitrogens with zero attached hydrogens (tertiary/aromatic N) is 3. The van der Waals surface area contributed by atoms with E-state index in [9.17, 15) is 14.0 Å². The predicted octanol–water partition coefficient (Wildman–Crippen LogP) is 2.70. The Balaban J connectivity index is 1.52. The van der Waals surface area contributed by atoms with Crippen molar-refractivity contribution in [3.63, 3.8) is 0 Å². The SMILES string of the molecule is NC(=O)C1CCN(CC(=O)N2N=C(c3ccc(F)cc3)CC2c2ccccc2)CC1. The van der Waals surface area contributed by atoms with E-state index in [0.717, 1.165) is 16.8 Å². The van der Waals surface area contributed by atoms with Gasteiger partial charge in [0.2, 0.25) is 5.91 Å². The van der Waals surface area contributed by atoms with E-state index in [1.165, 1.54) is 12.1 Å². The van der Waals surface area contributed by atoms with E-state index < -0.39 is 0 Å². The minimum atomic E-state index is -0.302. The highest BCUT2D eigenvalue weighted by atomic mass is 19.1. The first-order valence-electron chi connectivity index (χ1n) is 10.2. The van der Waals surface area contributed by atoms with Gasteiger partial charge in [0.15, 0.2) is 0 Å². The first kappa shape index (κ1) is 20.2. The smallest absolute Gasteiger partial charge is 0.257 e. The second-order valence-electron chi connectivity index (χ2n) is 7.88. The van der Waals surface area contributed by atoms with Crippen molar-refractivity contribution in [3.05, 3.63) is 71.5 Å². The third kappa shape index (κ3) is 4.41. The lowest BCUT2D eigenvalue weighted by Crippen LogP contribution is -2.43. The summed E-state index contributed by atoms with van der Waals surface area (Å²) in [5.41, 5.74) is 8.00. The van der Waals surface area contributed by atoms with Crippen molar-refractivity contribution in [2.75, 3.05) is 19.6 Å². The molecule has 1 saturated heterocycles. The van der Waals surface area contributed by atoms with Crippen LogP contribution in [0.5, 0.6) is 0 Å². The third-order valence-corrected chi connectivity index (χ3v) is 5.88. The molecule has 0 spiro atoms. The van der Waals surface area contributed by atoms with Crippen LogP contribution in [0, 0.1) is 11.7 Å². The molecule has 0 aromatic heterocycles. The maximum absolute atomic E-state index is 13.3. The molecular formula is C23H25FN4O2. The molecule has 156 valence electrons. The van der Waals surface area contributed by atoms with Crippen molar-refractivity contribution >= 4 is 17.5 Å². The summed E-state index contributed by atoms with van der Waals surface area (Å²) in [6.07, 6.45) is 1.93. The fourth-order valence-corrected chi connectivity index (χ4v) is 4.13. The van der Waals surface area contributed by atoms with Crippen LogP contribution in [-0.4, -0.2) is 47.1 Å². The molecule has 2 aromatic carbocycles. The number of primary amides is 1. The molecule has 2 aliphatic heterocycles. The zero-order valence-electron chi connectivity index (χ0n) is 16.7. The van der Waals surface area contributed by atoms with E-state index in [4.69, 9.17) is 5.73 Å². The van der Waals surface area contributed by atoms with Gasteiger partial charge in [0.05, 0.1) is 18.3 Å². The average molecular weight is 408 g/mol. The Morgan fingerprint density at radius 2 is 1.70 bits per heavy atom. The number of amides is 2. The topological polar surface area (TPSA) is 79.0 Å². The van der Waals surface area contributed by atoms with Crippen LogP contribution in [0.1, 0.15) is 36.4 Å². The van der Waals surface area contributed by atoms with Crippen LogP contribution in [-0.2, 0) is 9.59 Å². The van der Waals surface area contributed by atoms with E-state index in [-0.39, 0.29) is 36.1 Å². The Kier molecular flexibility index (Phi) is 5.90. The molecular weight excluding hydrogens is 383 g/mol. The Labute approximate surface area is 175 Å². The summed E-state index contributed by atoms with van der Waals surface area (Å²) in [7, 11) is 0. The van der Waals surface area contributed by atoms with Crippen molar-refractivity contribution in [1.82, 2.24) is 9.91 Å². The molecule has 30 heavy (non-hydrogen) atoms. The molecule has 6 nitrogen and oxygen atoms in total. The monoisotopic (exact) mass is 408 g/mol. The summed E-state index contributed by atoms with van der Waals surface area (Å²) in [6, 6.07) is 15.8. The Hall–Kier alpha value is -3.06. The van der Waals surface area contributed by atoms with Gasteiger partial charge in [-0.3, -0.25) is 14.5 Å². The molecule has 0 aliphatic carbocycles. The lowest BCUT2D eigenvalue weighted by molar-refractivity contribution is -0.134. The number of carbonyl (C=O) groups is 2. The third-order valence-electron chi connectivity index (χ3n) is 5.88. The molecule has 2 aliphatic rings.